The highest BCUT2D eigenvalue weighted by Gasteiger charge is 2.28. The molecule has 0 saturated heterocycles. The van der Waals surface area contributed by atoms with Crippen molar-refractivity contribution in [3.8, 4) is 0 Å². The molecule has 0 amide bonds. The molecule has 0 bridgehead atoms. The van der Waals surface area contributed by atoms with Gasteiger partial charge in [0, 0.05) is 11.8 Å². The van der Waals surface area contributed by atoms with Gasteiger partial charge in [-0.05, 0) is 20.8 Å². The molecule has 0 unspecified atom stereocenters. The maximum atomic E-state index is 10.9. The molecule has 0 aliphatic carbocycles. The molecular formula is C9H15N3O2. The summed E-state index contributed by atoms with van der Waals surface area (Å²) in [6.45, 7) is 5.49. The Morgan fingerprint density at radius 3 is 2.64 bits per heavy atom. The predicted molar refractivity (Wildman–Crippen MR) is 52.8 cm³/mol. The third kappa shape index (κ3) is 2.04. The van der Waals surface area contributed by atoms with E-state index in [9.17, 15) is 4.79 Å². The minimum absolute atomic E-state index is 0.325. The second-order valence-corrected chi connectivity index (χ2v) is 4.06. The van der Waals surface area contributed by atoms with Crippen LogP contribution in [-0.4, -0.2) is 20.9 Å². The van der Waals surface area contributed by atoms with Crippen LogP contribution in [0.25, 0.3) is 0 Å². The first-order valence-corrected chi connectivity index (χ1v) is 4.36. The molecule has 1 heterocycles. The van der Waals surface area contributed by atoms with E-state index in [2.05, 4.69) is 5.10 Å². The van der Waals surface area contributed by atoms with Gasteiger partial charge in [-0.3, -0.25) is 9.48 Å². The van der Waals surface area contributed by atoms with Crippen molar-refractivity contribution in [2.24, 2.45) is 5.41 Å². The van der Waals surface area contributed by atoms with Crippen LogP contribution in [0.1, 0.15) is 19.5 Å². The molecule has 5 nitrogen and oxygen atoms in total. The maximum Gasteiger partial charge on any atom is 0.310 e. The third-order valence-electron chi connectivity index (χ3n) is 2.12. The molecule has 0 saturated carbocycles. The van der Waals surface area contributed by atoms with Crippen molar-refractivity contribution >= 4 is 11.8 Å². The molecule has 5 heteroatoms. The molecule has 0 aliphatic heterocycles. The monoisotopic (exact) mass is 197 g/mol. The first-order chi connectivity index (χ1) is 6.33. The second kappa shape index (κ2) is 3.32. The van der Waals surface area contributed by atoms with E-state index in [1.807, 2.05) is 6.92 Å². The van der Waals surface area contributed by atoms with Crippen molar-refractivity contribution in [1.29, 1.82) is 0 Å². The van der Waals surface area contributed by atoms with Gasteiger partial charge in [0.1, 0.15) is 5.82 Å². The van der Waals surface area contributed by atoms with E-state index in [4.69, 9.17) is 10.8 Å². The Kier molecular flexibility index (Phi) is 2.51. The molecule has 0 spiro atoms. The van der Waals surface area contributed by atoms with Crippen LogP contribution in [0.4, 0.5) is 5.82 Å². The van der Waals surface area contributed by atoms with E-state index in [0.717, 1.165) is 5.69 Å². The van der Waals surface area contributed by atoms with Crippen LogP contribution in [-0.2, 0) is 11.3 Å². The van der Waals surface area contributed by atoms with Gasteiger partial charge in [-0.1, -0.05) is 0 Å². The number of nitrogens with two attached hydrogens (primary N) is 1. The molecule has 1 rings (SSSR count). The summed E-state index contributed by atoms with van der Waals surface area (Å²) in [5.74, 6) is -0.422. The predicted octanol–water partition coefficient (Wildman–Crippen LogP) is 0.885. The molecular weight excluding hydrogens is 182 g/mol. The topological polar surface area (TPSA) is 81.1 Å². The average Bonchev–Trinajstić information content (AvgIpc) is 2.29. The highest BCUT2D eigenvalue weighted by molar-refractivity contribution is 5.73. The molecule has 0 aromatic carbocycles. The number of carboxylic acid groups (broad SMARTS) is 1. The molecule has 0 atom stereocenters. The maximum absolute atomic E-state index is 10.9. The number of hydrogen-bond donors (Lipinski definition) is 2. The van der Waals surface area contributed by atoms with Crippen LogP contribution in [0.15, 0.2) is 6.07 Å². The largest absolute Gasteiger partial charge is 0.481 e. The number of aryl methyl sites for hydroxylation is 1. The Labute approximate surface area is 82.5 Å². The Morgan fingerprint density at radius 2 is 2.29 bits per heavy atom. The van der Waals surface area contributed by atoms with Gasteiger partial charge in [0.05, 0.1) is 12.0 Å². The standard InChI is InChI=1S/C9H15N3O2/c1-6-4-7(10)11-12(6)5-9(2,3)8(13)14/h4H,5H2,1-3H3,(H2,10,11)(H,13,14). The van der Waals surface area contributed by atoms with Crippen LogP contribution in [0.3, 0.4) is 0 Å². The highest BCUT2D eigenvalue weighted by Crippen LogP contribution is 2.19. The van der Waals surface area contributed by atoms with Crippen LogP contribution in [0, 0.1) is 12.3 Å². The zero-order valence-electron chi connectivity index (χ0n) is 8.61. The molecule has 0 aliphatic rings. The van der Waals surface area contributed by atoms with Gasteiger partial charge >= 0.3 is 5.97 Å². The minimum Gasteiger partial charge on any atom is -0.481 e. The normalized spacial score (nSPS) is 11.6. The van der Waals surface area contributed by atoms with Crippen molar-refractivity contribution in [2.75, 3.05) is 5.73 Å². The molecule has 1 aromatic rings. The zero-order chi connectivity index (χ0) is 10.9. The van der Waals surface area contributed by atoms with Crippen molar-refractivity contribution in [3.63, 3.8) is 0 Å². The fourth-order valence-corrected chi connectivity index (χ4v) is 1.14. The molecule has 78 valence electrons. The van der Waals surface area contributed by atoms with Crippen LogP contribution in [0.2, 0.25) is 0 Å². The average molecular weight is 197 g/mol. The number of carboxylic acids is 1. The summed E-state index contributed by atoms with van der Waals surface area (Å²) in [5, 5.41) is 12.9. The second-order valence-electron chi connectivity index (χ2n) is 4.06. The number of nitrogen functional groups attached to an aromatic ring is 1. The molecule has 3 N–H and O–H groups in total. The van der Waals surface area contributed by atoms with Gasteiger partial charge in [0.2, 0.25) is 0 Å². The lowest BCUT2D eigenvalue weighted by Crippen LogP contribution is -2.30. The highest BCUT2D eigenvalue weighted by atomic mass is 16.4. The van der Waals surface area contributed by atoms with Gasteiger partial charge in [0.15, 0.2) is 0 Å². The fourth-order valence-electron chi connectivity index (χ4n) is 1.14. The number of hydrogen-bond acceptors (Lipinski definition) is 3. The van der Waals surface area contributed by atoms with Crippen LogP contribution >= 0.6 is 0 Å². The summed E-state index contributed by atoms with van der Waals surface area (Å²) in [4.78, 5) is 10.9. The first-order valence-electron chi connectivity index (χ1n) is 4.36. The molecule has 0 fully saturated rings. The lowest BCUT2D eigenvalue weighted by Gasteiger charge is -2.19. The van der Waals surface area contributed by atoms with E-state index in [-0.39, 0.29) is 0 Å². The number of aliphatic carboxylic acids is 1. The summed E-state index contributed by atoms with van der Waals surface area (Å²) in [6, 6.07) is 1.72. The van der Waals surface area contributed by atoms with Crippen molar-refractivity contribution in [2.45, 2.75) is 27.3 Å². The van der Waals surface area contributed by atoms with Gasteiger partial charge < -0.3 is 10.8 Å². The van der Waals surface area contributed by atoms with Gasteiger partial charge in [-0.2, -0.15) is 5.10 Å². The minimum atomic E-state index is -0.842. The Balaban J connectivity index is 2.88. The Morgan fingerprint density at radius 1 is 1.71 bits per heavy atom. The van der Waals surface area contributed by atoms with E-state index in [0.29, 0.717) is 12.4 Å². The number of nitrogens with zero attached hydrogens (tertiary/aromatic N) is 2. The number of aromatic nitrogens is 2. The first kappa shape index (κ1) is 10.6. The molecule has 1 aromatic heterocycles. The quantitative estimate of drug-likeness (QED) is 0.753. The number of carbonyl (C=O) groups is 1. The van der Waals surface area contributed by atoms with E-state index >= 15 is 0 Å². The van der Waals surface area contributed by atoms with Crippen LogP contribution < -0.4 is 5.73 Å². The molecule has 0 radical (unpaired) electrons. The van der Waals surface area contributed by atoms with Gasteiger partial charge in [0.25, 0.3) is 0 Å². The number of rotatable bonds is 3. The van der Waals surface area contributed by atoms with Crippen molar-refractivity contribution < 1.29 is 9.90 Å². The number of anilines is 1. The lowest BCUT2D eigenvalue weighted by molar-refractivity contribution is -0.147. The van der Waals surface area contributed by atoms with E-state index < -0.39 is 11.4 Å². The summed E-state index contributed by atoms with van der Waals surface area (Å²) in [5.41, 5.74) is 5.54. The zero-order valence-corrected chi connectivity index (χ0v) is 8.61. The fraction of sp³-hybridized carbons (Fsp3) is 0.556. The third-order valence-corrected chi connectivity index (χ3v) is 2.12. The smallest absolute Gasteiger partial charge is 0.310 e. The SMILES string of the molecule is Cc1cc(N)nn1CC(C)(C)C(=O)O. The van der Waals surface area contributed by atoms with Gasteiger partial charge in [-0.25, -0.2) is 0 Å². The molecule has 14 heavy (non-hydrogen) atoms. The van der Waals surface area contributed by atoms with E-state index in [1.54, 1.807) is 24.6 Å². The van der Waals surface area contributed by atoms with Crippen molar-refractivity contribution in [1.82, 2.24) is 9.78 Å². The summed E-state index contributed by atoms with van der Waals surface area (Å²) >= 11 is 0. The van der Waals surface area contributed by atoms with Crippen molar-refractivity contribution in [3.05, 3.63) is 11.8 Å². The van der Waals surface area contributed by atoms with Crippen LogP contribution in [0.5, 0.6) is 0 Å². The summed E-state index contributed by atoms with van der Waals surface area (Å²) in [7, 11) is 0. The lowest BCUT2D eigenvalue weighted by atomic mass is 9.94. The van der Waals surface area contributed by atoms with E-state index in [1.165, 1.54) is 0 Å². The summed E-state index contributed by atoms with van der Waals surface area (Å²) in [6.07, 6.45) is 0. The summed E-state index contributed by atoms with van der Waals surface area (Å²) < 4.78 is 1.61. The Bertz CT molecular complexity index is 355. The van der Waals surface area contributed by atoms with Gasteiger partial charge in [-0.15, -0.1) is 0 Å². The Hall–Kier alpha value is -1.52.